The lowest BCUT2D eigenvalue weighted by Gasteiger charge is -2.06. The van der Waals surface area contributed by atoms with Crippen molar-refractivity contribution >= 4 is 5.97 Å². The van der Waals surface area contributed by atoms with Crippen molar-refractivity contribution in [3.63, 3.8) is 0 Å². The lowest BCUT2D eigenvalue weighted by molar-refractivity contribution is 0.0697. The van der Waals surface area contributed by atoms with Crippen molar-refractivity contribution in [2.75, 3.05) is 0 Å². The van der Waals surface area contributed by atoms with Gasteiger partial charge in [-0.2, -0.15) is 0 Å². The second kappa shape index (κ2) is 3.77. The Kier molecular flexibility index (Phi) is 2.44. The van der Waals surface area contributed by atoms with E-state index in [1.807, 2.05) is 13.0 Å². The van der Waals surface area contributed by atoms with Crippen molar-refractivity contribution in [2.45, 2.75) is 6.92 Å². The fourth-order valence-corrected chi connectivity index (χ4v) is 1.59. The maximum atomic E-state index is 11.1. The number of hydrogen-bond acceptors (Lipinski definition) is 3. The van der Waals surface area contributed by atoms with Gasteiger partial charge in [0.05, 0.1) is 17.5 Å². The third-order valence-corrected chi connectivity index (χ3v) is 2.40. The summed E-state index contributed by atoms with van der Waals surface area (Å²) in [6.07, 6.45) is 1.55. The van der Waals surface area contributed by atoms with E-state index in [0.29, 0.717) is 11.3 Å². The number of aryl methyl sites for hydroxylation is 2. The molecule has 2 aromatic rings. The Labute approximate surface area is 92.3 Å². The van der Waals surface area contributed by atoms with Crippen LogP contribution in [0.5, 0.6) is 0 Å². The van der Waals surface area contributed by atoms with Crippen molar-refractivity contribution < 1.29 is 9.90 Å². The Bertz CT molecular complexity index is 546. The first-order valence-corrected chi connectivity index (χ1v) is 4.78. The van der Waals surface area contributed by atoms with Gasteiger partial charge in [-0.1, -0.05) is 22.9 Å². The van der Waals surface area contributed by atoms with Crippen LogP contribution >= 0.6 is 0 Å². The molecule has 0 aliphatic heterocycles. The van der Waals surface area contributed by atoms with Gasteiger partial charge in [-0.05, 0) is 13.0 Å². The number of carboxylic acids is 1. The Morgan fingerprint density at radius 2 is 2.19 bits per heavy atom. The van der Waals surface area contributed by atoms with Gasteiger partial charge in [-0.3, -0.25) is 0 Å². The van der Waals surface area contributed by atoms with Crippen LogP contribution in [0, 0.1) is 6.92 Å². The maximum Gasteiger partial charge on any atom is 0.336 e. The molecule has 2 rings (SSSR count). The highest BCUT2D eigenvalue weighted by atomic mass is 16.4. The summed E-state index contributed by atoms with van der Waals surface area (Å²) in [5.74, 6) is -0.945. The van der Waals surface area contributed by atoms with Gasteiger partial charge in [0.1, 0.15) is 0 Å². The van der Waals surface area contributed by atoms with Crippen molar-refractivity contribution in [1.82, 2.24) is 15.0 Å². The summed E-state index contributed by atoms with van der Waals surface area (Å²) in [7, 11) is 1.73. The zero-order chi connectivity index (χ0) is 11.7. The molecule has 0 saturated carbocycles. The predicted molar refractivity (Wildman–Crippen MR) is 58.1 cm³/mol. The van der Waals surface area contributed by atoms with Gasteiger partial charge < -0.3 is 5.11 Å². The molecule has 0 unspecified atom stereocenters. The Morgan fingerprint density at radius 1 is 1.44 bits per heavy atom. The molecule has 0 amide bonds. The molecular weight excluding hydrogens is 206 g/mol. The number of nitrogens with zero attached hydrogens (tertiary/aromatic N) is 3. The van der Waals surface area contributed by atoms with E-state index < -0.39 is 5.97 Å². The third kappa shape index (κ3) is 1.67. The summed E-state index contributed by atoms with van der Waals surface area (Å²) in [6.45, 7) is 1.86. The third-order valence-electron chi connectivity index (χ3n) is 2.40. The van der Waals surface area contributed by atoms with E-state index in [-0.39, 0.29) is 5.56 Å². The first kappa shape index (κ1) is 10.4. The van der Waals surface area contributed by atoms with Gasteiger partial charge in [-0.25, -0.2) is 9.48 Å². The molecule has 5 heteroatoms. The molecule has 0 radical (unpaired) electrons. The molecule has 0 aliphatic rings. The first-order valence-electron chi connectivity index (χ1n) is 4.78. The van der Waals surface area contributed by atoms with E-state index in [1.54, 1.807) is 30.1 Å². The molecule has 82 valence electrons. The Morgan fingerprint density at radius 3 is 2.75 bits per heavy atom. The van der Waals surface area contributed by atoms with Gasteiger partial charge in [0.15, 0.2) is 0 Å². The van der Waals surface area contributed by atoms with Crippen LogP contribution in [0.4, 0.5) is 0 Å². The molecule has 0 saturated heterocycles. The highest BCUT2D eigenvalue weighted by Gasteiger charge is 2.14. The normalized spacial score (nSPS) is 10.4. The summed E-state index contributed by atoms with van der Waals surface area (Å²) < 4.78 is 1.55. The van der Waals surface area contributed by atoms with Crippen LogP contribution in [0.2, 0.25) is 0 Å². The summed E-state index contributed by atoms with van der Waals surface area (Å²) in [6, 6.07) is 5.29. The molecule has 1 aromatic carbocycles. The van der Waals surface area contributed by atoms with Gasteiger partial charge in [0.25, 0.3) is 0 Å². The standard InChI is InChI=1S/C11H11N3O2/c1-7-3-4-8(9(5-7)11(15)16)10-6-12-13-14(10)2/h3-6H,1-2H3,(H,15,16). The highest BCUT2D eigenvalue weighted by molar-refractivity contribution is 5.95. The first-order chi connectivity index (χ1) is 7.59. The molecule has 5 nitrogen and oxygen atoms in total. The number of hydrogen-bond donors (Lipinski definition) is 1. The monoisotopic (exact) mass is 217 g/mol. The summed E-state index contributed by atoms with van der Waals surface area (Å²) in [5.41, 5.74) is 2.50. The average Bonchev–Trinajstić information content (AvgIpc) is 2.64. The molecule has 0 atom stereocenters. The summed E-state index contributed by atoms with van der Waals surface area (Å²) >= 11 is 0. The quantitative estimate of drug-likeness (QED) is 0.827. The molecule has 0 spiro atoms. The fraction of sp³-hybridized carbons (Fsp3) is 0.182. The zero-order valence-corrected chi connectivity index (χ0v) is 9.01. The van der Waals surface area contributed by atoms with Crippen LogP contribution in [-0.2, 0) is 7.05 Å². The molecule has 1 N–H and O–H groups in total. The van der Waals surface area contributed by atoms with Crippen LogP contribution in [0.1, 0.15) is 15.9 Å². The van der Waals surface area contributed by atoms with E-state index in [9.17, 15) is 4.79 Å². The smallest absolute Gasteiger partial charge is 0.336 e. The molecule has 1 aromatic heterocycles. The SMILES string of the molecule is Cc1ccc(-c2cnnn2C)c(C(=O)O)c1. The average molecular weight is 217 g/mol. The number of rotatable bonds is 2. The Hall–Kier alpha value is -2.17. The van der Waals surface area contributed by atoms with Crippen LogP contribution in [0.25, 0.3) is 11.3 Å². The highest BCUT2D eigenvalue weighted by Crippen LogP contribution is 2.23. The molecule has 0 bridgehead atoms. The van der Waals surface area contributed by atoms with E-state index in [2.05, 4.69) is 10.3 Å². The van der Waals surface area contributed by atoms with Crippen LogP contribution in [0.3, 0.4) is 0 Å². The maximum absolute atomic E-state index is 11.1. The molecule has 1 heterocycles. The largest absolute Gasteiger partial charge is 0.478 e. The molecule has 0 aliphatic carbocycles. The zero-order valence-electron chi connectivity index (χ0n) is 9.01. The van der Waals surface area contributed by atoms with Crippen molar-refractivity contribution in [3.05, 3.63) is 35.5 Å². The van der Waals surface area contributed by atoms with E-state index >= 15 is 0 Å². The van der Waals surface area contributed by atoms with Gasteiger partial charge in [0.2, 0.25) is 0 Å². The van der Waals surface area contributed by atoms with Gasteiger partial charge in [0, 0.05) is 12.6 Å². The summed E-state index contributed by atoms with van der Waals surface area (Å²) in [5, 5.41) is 16.7. The lowest BCUT2D eigenvalue weighted by Crippen LogP contribution is -2.03. The number of carboxylic acid groups (broad SMARTS) is 1. The summed E-state index contributed by atoms with van der Waals surface area (Å²) in [4.78, 5) is 11.1. The lowest BCUT2D eigenvalue weighted by atomic mass is 10.0. The van der Waals surface area contributed by atoms with Crippen LogP contribution in [-0.4, -0.2) is 26.1 Å². The van der Waals surface area contributed by atoms with E-state index in [4.69, 9.17) is 5.11 Å². The topological polar surface area (TPSA) is 68.0 Å². The van der Waals surface area contributed by atoms with Crippen LogP contribution in [0.15, 0.2) is 24.4 Å². The minimum atomic E-state index is -0.945. The second-order valence-electron chi connectivity index (χ2n) is 3.60. The number of aromatic carboxylic acids is 1. The predicted octanol–water partition coefficient (Wildman–Crippen LogP) is 1.49. The Balaban J connectivity index is 2.65. The molecular formula is C11H11N3O2. The molecule has 16 heavy (non-hydrogen) atoms. The fourth-order valence-electron chi connectivity index (χ4n) is 1.59. The molecule has 0 fully saturated rings. The number of benzene rings is 1. The second-order valence-corrected chi connectivity index (χ2v) is 3.60. The van der Waals surface area contributed by atoms with E-state index in [1.165, 1.54) is 0 Å². The van der Waals surface area contributed by atoms with Crippen molar-refractivity contribution in [2.24, 2.45) is 7.05 Å². The van der Waals surface area contributed by atoms with Gasteiger partial charge >= 0.3 is 5.97 Å². The van der Waals surface area contributed by atoms with Crippen LogP contribution < -0.4 is 0 Å². The number of aromatic nitrogens is 3. The van der Waals surface area contributed by atoms with Crippen molar-refractivity contribution in [1.29, 1.82) is 0 Å². The van der Waals surface area contributed by atoms with Crippen molar-refractivity contribution in [3.8, 4) is 11.3 Å². The minimum absolute atomic E-state index is 0.269. The van der Waals surface area contributed by atoms with Gasteiger partial charge in [-0.15, -0.1) is 5.10 Å². The number of carbonyl (C=O) groups is 1. The minimum Gasteiger partial charge on any atom is -0.478 e. The van der Waals surface area contributed by atoms with E-state index in [0.717, 1.165) is 5.56 Å².